The van der Waals surface area contributed by atoms with E-state index in [9.17, 15) is 22.0 Å². The van der Waals surface area contributed by atoms with E-state index in [1.165, 1.54) is 4.90 Å². The first kappa shape index (κ1) is 20.9. The molecule has 0 saturated carbocycles. The number of amides is 1. The molecule has 1 atom stereocenters. The summed E-state index contributed by atoms with van der Waals surface area (Å²) in [6.07, 6.45) is -0.107. The molecule has 0 saturated heterocycles. The number of rotatable bonds is 7. The van der Waals surface area contributed by atoms with Gasteiger partial charge in [0.2, 0.25) is 15.9 Å². The van der Waals surface area contributed by atoms with Crippen LogP contribution in [0.3, 0.4) is 0 Å². The summed E-state index contributed by atoms with van der Waals surface area (Å²) in [5, 5.41) is 0.925. The van der Waals surface area contributed by atoms with Crippen LogP contribution in [0.5, 0.6) is 0 Å². The van der Waals surface area contributed by atoms with Crippen molar-refractivity contribution < 1.29 is 26.4 Å². The molecule has 6 nitrogen and oxygen atoms in total. The first-order valence-electron chi connectivity index (χ1n) is 8.88. The van der Waals surface area contributed by atoms with Crippen molar-refractivity contribution in [1.29, 1.82) is 0 Å². The number of nitrogens with zero attached hydrogens (tertiary/aromatic N) is 1. The Morgan fingerprint density at radius 2 is 1.86 bits per heavy atom. The minimum Gasteiger partial charge on any atom is -0.459 e. The van der Waals surface area contributed by atoms with Crippen LogP contribution in [0.15, 0.2) is 57.8 Å². The zero-order valence-electron chi connectivity index (χ0n) is 15.9. The van der Waals surface area contributed by atoms with Crippen molar-refractivity contribution in [2.75, 3.05) is 13.6 Å². The number of hydrogen-bond donors (Lipinski definition) is 1. The summed E-state index contributed by atoms with van der Waals surface area (Å²) in [5.74, 6) is -2.08. The van der Waals surface area contributed by atoms with Crippen LogP contribution in [-0.4, -0.2) is 32.8 Å². The lowest BCUT2D eigenvalue weighted by atomic mass is 10.2. The van der Waals surface area contributed by atoms with E-state index < -0.39 is 26.6 Å². The molecule has 1 aromatic heterocycles. The normalized spacial score (nSPS) is 12.8. The number of para-hydroxylation sites is 1. The van der Waals surface area contributed by atoms with Crippen molar-refractivity contribution in [3.8, 4) is 0 Å². The molecule has 0 bridgehead atoms. The van der Waals surface area contributed by atoms with Gasteiger partial charge >= 0.3 is 0 Å². The lowest BCUT2D eigenvalue weighted by Gasteiger charge is -2.23. The number of nitrogens with one attached hydrogen (secondary N) is 1. The molecule has 0 aliphatic carbocycles. The van der Waals surface area contributed by atoms with E-state index in [1.807, 2.05) is 30.3 Å². The van der Waals surface area contributed by atoms with Gasteiger partial charge in [0.15, 0.2) is 11.6 Å². The van der Waals surface area contributed by atoms with Gasteiger partial charge < -0.3 is 9.32 Å². The van der Waals surface area contributed by atoms with Crippen LogP contribution in [0, 0.1) is 11.6 Å². The van der Waals surface area contributed by atoms with Crippen molar-refractivity contribution in [2.24, 2.45) is 0 Å². The highest BCUT2D eigenvalue weighted by Crippen LogP contribution is 2.26. The van der Waals surface area contributed by atoms with Gasteiger partial charge in [-0.25, -0.2) is 21.9 Å². The van der Waals surface area contributed by atoms with Gasteiger partial charge in [0.25, 0.3) is 0 Å². The van der Waals surface area contributed by atoms with Crippen LogP contribution in [0.2, 0.25) is 0 Å². The van der Waals surface area contributed by atoms with Crippen molar-refractivity contribution in [1.82, 2.24) is 9.62 Å². The minimum atomic E-state index is -4.06. The number of carbonyl (C=O) groups is 1. The highest BCUT2D eigenvalue weighted by atomic mass is 32.2. The third kappa shape index (κ3) is 4.63. The van der Waals surface area contributed by atoms with E-state index in [0.717, 1.165) is 23.1 Å². The number of hydrogen-bond acceptors (Lipinski definition) is 4. The highest BCUT2D eigenvalue weighted by Gasteiger charge is 2.22. The molecule has 0 aliphatic rings. The fourth-order valence-electron chi connectivity index (χ4n) is 2.81. The van der Waals surface area contributed by atoms with E-state index in [2.05, 4.69) is 4.72 Å². The molecule has 1 heterocycles. The number of furan rings is 1. The maximum Gasteiger partial charge on any atom is 0.240 e. The Labute approximate surface area is 167 Å². The molecule has 1 amide bonds. The molecule has 3 rings (SSSR count). The summed E-state index contributed by atoms with van der Waals surface area (Å²) in [7, 11) is -2.46. The Bertz CT molecular complexity index is 1110. The van der Waals surface area contributed by atoms with Crippen LogP contribution in [-0.2, 0) is 14.8 Å². The number of halogens is 2. The van der Waals surface area contributed by atoms with E-state index in [1.54, 1.807) is 14.0 Å². The molecule has 2 aromatic carbocycles. The standard InChI is InChI=1S/C20H20F2N2O4S/c1-13(19-11-14-5-3-4-6-18(14)28-19)24(2)20(25)9-10-23-29(26,27)15-7-8-16(21)17(22)12-15/h3-8,11-13,23H,9-10H2,1-2H3. The van der Waals surface area contributed by atoms with Crippen LogP contribution in [0.4, 0.5) is 8.78 Å². The molecular weight excluding hydrogens is 402 g/mol. The summed E-state index contributed by atoms with van der Waals surface area (Å²) in [5.41, 5.74) is 0.717. The summed E-state index contributed by atoms with van der Waals surface area (Å²) >= 11 is 0. The van der Waals surface area contributed by atoms with Crippen molar-refractivity contribution in [2.45, 2.75) is 24.3 Å². The van der Waals surface area contributed by atoms with Gasteiger partial charge in [-0.05, 0) is 37.3 Å². The van der Waals surface area contributed by atoms with Gasteiger partial charge in [-0.1, -0.05) is 18.2 Å². The fraction of sp³-hybridized carbons (Fsp3) is 0.250. The average molecular weight is 422 g/mol. The minimum absolute atomic E-state index is 0.107. The predicted molar refractivity (Wildman–Crippen MR) is 104 cm³/mol. The average Bonchev–Trinajstić information content (AvgIpc) is 3.12. The second-order valence-electron chi connectivity index (χ2n) is 6.59. The third-order valence-electron chi connectivity index (χ3n) is 4.66. The van der Waals surface area contributed by atoms with Crippen LogP contribution >= 0.6 is 0 Å². The van der Waals surface area contributed by atoms with Crippen LogP contribution in [0.1, 0.15) is 25.1 Å². The molecule has 154 valence electrons. The summed E-state index contributed by atoms with van der Waals surface area (Å²) in [6.45, 7) is 1.62. The van der Waals surface area contributed by atoms with Gasteiger partial charge in [0, 0.05) is 25.4 Å². The van der Waals surface area contributed by atoms with Gasteiger partial charge in [-0.3, -0.25) is 4.79 Å². The quantitative estimate of drug-likeness (QED) is 0.631. The molecule has 3 aromatic rings. The third-order valence-corrected chi connectivity index (χ3v) is 6.12. The Hall–Kier alpha value is -2.78. The fourth-order valence-corrected chi connectivity index (χ4v) is 3.85. The number of sulfonamides is 1. The summed E-state index contributed by atoms with van der Waals surface area (Å²) < 4.78 is 58.5. The SMILES string of the molecule is CC(c1cc2ccccc2o1)N(C)C(=O)CCNS(=O)(=O)c1ccc(F)c(F)c1. The molecule has 9 heteroatoms. The first-order valence-corrected chi connectivity index (χ1v) is 10.4. The monoisotopic (exact) mass is 422 g/mol. The molecule has 0 radical (unpaired) electrons. The topological polar surface area (TPSA) is 79.6 Å². The predicted octanol–water partition coefficient (Wildman–Crippen LogP) is 3.60. The van der Waals surface area contributed by atoms with Gasteiger partial charge in [0.05, 0.1) is 10.9 Å². The Kier molecular flexibility index (Phi) is 5.99. The maximum atomic E-state index is 13.3. The molecule has 0 spiro atoms. The van der Waals surface area contributed by atoms with E-state index in [0.29, 0.717) is 11.8 Å². The number of carbonyl (C=O) groups excluding carboxylic acids is 1. The summed E-state index contributed by atoms with van der Waals surface area (Å²) in [6, 6.07) is 11.3. The molecule has 1 N–H and O–H groups in total. The van der Waals surface area contributed by atoms with E-state index >= 15 is 0 Å². The van der Waals surface area contributed by atoms with Gasteiger partial charge in [-0.15, -0.1) is 0 Å². The van der Waals surface area contributed by atoms with Crippen LogP contribution < -0.4 is 4.72 Å². The van der Waals surface area contributed by atoms with E-state index in [-0.39, 0.29) is 24.9 Å². The Balaban J connectivity index is 1.60. The zero-order chi connectivity index (χ0) is 21.2. The molecule has 0 fully saturated rings. The number of fused-ring (bicyclic) bond motifs is 1. The molecule has 29 heavy (non-hydrogen) atoms. The van der Waals surface area contributed by atoms with Gasteiger partial charge in [-0.2, -0.15) is 0 Å². The lowest BCUT2D eigenvalue weighted by Crippen LogP contribution is -2.33. The Morgan fingerprint density at radius 1 is 1.14 bits per heavy atom. The first-order chi connectivity index (χ1) is 13.7. The highest BCUT2D eigenvalue weighted by molar-refractivity contribution is 7.89. The maximum absolute atomic E-state index is 13.3. The molecule has 0 aliphatic heterocycles. The largest absolute Gasteiger partial charge is 0.459 e. The zero-order valence-corrected chi connectivity index (χ0v) is 16.7. The second-order valence-corrected chi connectivity index (χ2v) is 8.36. The lowest BCUT2D eigenvalue weighted by molar-refractivity contribution is -0.131. The summed E-state index contributed by atoms with van der Waals surface area (Å²) in [4.78, 5) is 13.5. The molecule has 1 unspecified atom stereocenters. The van der Waals surface area contributed by atoms with Gasteiger partial charge in [0.1, 0.15) is 11.3 Å². The van der Waals surface area contributed by atoms with Crippen molar-refractivity contribution >= 4 is 26.9 Å². The number of benzene rings is 2. The Morgan fingerprint density at radius 3 is 2.55 bits per heavy atom. The van der Waals surface area contributed by atoms with Crippen molar-refractivity contribution in [3.63, 3.8) is 0 Å². The van der Waals surface area contributed by atoms with E-state index in [4.69, 9.17) is 4.42 Å². The van der Waals surface area contributed by atoms with Crippen molar-refractivity contribution in [3.05, 3.63) is 65.9 Å². The van der Waals surface area contributed by atoms with Crippen LogP contribution in [0.25, 0.3) is 11.0 Å². The second kappa shape index (κ2) is 8.30. The smallest absolute Gasteiger partial charge is 0.240 e. The molecular formula is C20H20F2N2O4S.